The summed E-state index contributed by atoms with van der Waals surface area (Å²) in [6.45, 7) is 2.60. The van der Waals surface area contributed by atoms with Crippen LogP contribution in [0.5, 0.6) is 0 Å². The predicted molar refractivity (Wildman–Crippen MR) is 93.5 cm³/mol. The molecule has 0 spiro atoms. The van der Waals surface area contributed by atoms with Crippen molar-refractivity contribution < 1.29 is 14.1 Å². The Kier molecular flexibility index (Phi) is 3.72. The van der Waals surface area contributed by atoms with E-state index in [0.29, 0.717) is 13.2 Å². The maximum absolute atomic E-state index is 12.1. The molecule has 0 aromatic heterocycles. The molecule has 3 aliphatic rings. The van der Waals surface area contributed by atoms with E-state index in [0.717, 1.165) is 12.8 Å². The minimum absolute atomic E-state index is 0.140. The molecule has 0 amide bonds. The molecule has 2 bridgehead atoms. The van der Waals surface area contributed by atoms with Crippen molar-refractivity contribution >= 4 is 12.2 Å². The lowest BCUT2D eigenvalue weighted by Crippen LogP contribution is -2.47. The van der Waals surface area contributed by atoms with Crippen LogP contribution in [0.1, 0.15) is 42.5 Å². The summed E-state index contributed by atoms with van der Waals surface area (Å²) in [6.07, 6.45) is 4.41. The quantitative estimate of drug-likeness (QED) is 0.638. The molecular weight excluding hydrogens is 298 g/mol. The van der Waals surface area contributed by atoms with E-state index in [4.69, 9.17) is 4.74 Å². The standard InChI is InChI=1S/C21H22NO2/c1-2-24-20(23)14-22-15-21(16-8-4-3-5-9-16)13-12-19(22)17-10-6-7-11-18(17)21/h3-11,15,19H,2,12-14H2,1H3/q+1. The minimum Gasteiger partial charge on any atom is -0.461 e. The first-order valence-corrected chi connectivity index (χ1v) is 8.67. The number of hydrogen-bond acceptors (Lipinski definition) is 2. The molecule has 0 fully saturated rings. The van der Waals surface area contributed by atoms with Crippen LogP contribution in [0.2, 0.25) is 0 Å². The lowest BCUT2D eigenvalue weighted by atomic mass is 9.63. The number of ether oxygens (including phenoxy) is 1. The second-order valence-corrected chi connectivity index (χ2v) is 6.59. The van der Waals surface area contributed by atoms with Crippen molar-refractivity contribution in [3.05, 3.63) is 71.3 Å². The number of carbonyl (C=O) groups excluding carboxylic acids is 1. The van der Waals surface area contributed by atoms with Crippen molar-refractivity contribution in [1.82, 2.24) is 0 Å². The number of hydrogen-bond donors (Lipinski definition) is 0. The van der Waals surface area contributed by atoms with Gasteiger partial charge in [-0.05, 0) is 24.5 Å². The number of fused-ring (bicyclic) bond motifs is 1. The van der Waals surface area contributed by atoms with E-state index in [1.54, 1.807) is 0 Å². The topological polar surface area (TPSA) is 29.3 Å². The van der Waals surface area contributed by atoms with Gasteiger partial charge in [-0.2, -0.15) is 0 Å². The first kappa shape index (κ1) is 15.1. The highest BCUT2D eigenvalue weighted by Gasteiger charge is 2.50. The van der Waals surface area contributed by atoms with Gasteiger partial charge < -0.3 is 4.74 Å². The number of benzene rings is 2. The number of nitrogens with zero attached hydrogens (tertiary/aromatic N) is 1. The van der Waals surface area contributed by atoms with Gasteiger partial charge in [0.1, 0.15) is 0 Å². The zero-order valence-corrected chi connectivity index (χ0v) is 13.9. The summed E-state index contributed by atoms with van der Waals surface area (Å²) < 4.78 is 7.37. The summed E-state index contributed by atoms with van der Waals surface area (Å²) in [5.74, 6) is -0.151. The molecule has 0 saturated heterocycles. The number of carbonyl (C=O) groups is 1. The van der Waals surface area contributed by atoms with Crippen LogP contribution in [0, 0.1) is 0 Å². The molecule has 2 heterocycles. The fourth-order valence-corrected chi connectivity index (χ4v) is 4.32. The van der Waals surface area contributed by atoms with Gasteiger partial charge in [0.2, 0.25) is 6.54 Å². The molecule has 24 heavy (non-hydrogen) atoms. The average molecular weight is 320 g/mol. The highest BCUT2D eigenvalue weighted by atomic mass is 16.5. The zero-order valence-electron chi connectivity index (χ0n) is 13.9. The van der Waals surface area contributed by atoms with E-state index >= 15 is 0 Å². The summed E-state index contributed by atoms with van der Waals surface area (Å²) in [7, 11) is 0. The Morgan fingerprint density at radius 1 is 1.17 bits per heavy atom. The molecule has 1 aliphatic carbocycles. The largest absolute Gasteiger partial charge is 0.461 e. The summed E-state index contributed by atoms with van der Waals surface area (Å²) >= 11 is 0. The first-order valence-electron chi connectivity index (χ1n) is 8.67. The summed E-state index contributed by atoms with van der Waals surface area (Å²) in [5, 5.41) is 0. The van der Waals surface area contributed by atoms with Crippen molar-refractivity contribution in [3.8, 4) is 0 Å². The van der Waals surface area contributed by atoms with E-state index in [-0.39, 0.29) is 17.4 Å². The lowest BCUT2D eigenvalue weighted by molar-refractivity contribution is -0.570. The Hall–Kier alpha value is -2.42. The van der Waals surface area contributed by atoms with Crippen LogP contribution in [0.25, 0.3) is 0 Å². The van der Waals surface area contributed by atoms with Crippen molar-refractivity contribution in [1.29, 1.82) is 0 Å². The van der Waals surface area contributed by atoms with Gasteiger partial charge in [0.25, 0.3) is 0 Å². The Bertz CT molecular complexity index is 796. The maximum atomic E-state index is 12.1. The second kappa shape index (κ2) is 5.90. The summed E-state index contributed by atoms with van der Waals surface area (Å²) in [4.78, 5) is 12.1. The van der Waals surface area contributed by atoms with E-state index < -0.39 is 0 Å². The molecule has 2 aliphatic heterocycles. The van der Waals surface area contributed by atoms with E-state index in [1.165, 1.54) is 16.7 Å². The van der Waals surface area contributed by atoms with Gasteiger partial charge in [-0.1, -0.05) is 54.6 Å². The Morgan fingerprint density at radius 2 is 1.92 bits per heavy atom. The van der Waals surface area contributed by atoms with Gasteiger partial charge >= 0.3 is 5.97 Å². The molecule has 2 aromatic rings. The van der Waals surface area contributed by atoms with E-state index in [9.17, 15) is 4.79 Å². The fourth-order valence-electron chi connectivity index (χ4n) is 4.32. The van der Waals surface area contributed by atoms with Crippen LogP contribution in [0.15, 0.2) is 54.6 Å². The van der Waals surface area contributed by atoms with Crippen LogP contribution >= 0.6 is 0 Å². The van der Waals surface area contributed by atoms with E-state index in [2.05, 4.69) is 65.4 Å². The second-order valence-electron chi connectivity index (χ2n) is 6.59. The van der Waals surface area contributed by atoms with Crippen LogP contribution in [-0.2, 0) is 14.9 Å². The SMILES string of the molecule is CCOC(=O)C[N+]1=CC2(c3ccccc3)CCC1c1ccccc12. The highest BCUT2D eigenvalue weighted by Crippen LogP contribution is 2.49. The Balaban J connectivity index is 1.84. The molecule has 3 heteroatoms. The van der Waals surface area contributed by atoms with Gasteiger partial charge in [-0.25, -0.2) is 9.37 Å². The summed E-state index contributed by atoms with van der Waals surface area (Å²) in [5.41, 5.74) is 3.88. The van der Waals surface area contributed by atoms with Gasteiger partial charge in [-0.15, -0.1) is 0 Å². The third-order valence-electron chi connectivity index (χ3n) is 5.30. The molecule has 2 unspecified atom stereocenters. The molecular formula is C21H22NO2+. The smallest absolute Gasteiger partial charge is 0.372 e. The van der Waals surface area contributed by atoms with Crippen molar-refractivity contribution in [3.63, 3.8) is 0 Å². The molecule has 0 N–H and O–H groups in total. The summed E-state index contributed by atoms with van der Waals surface area (Å²) in [6, 6.07) is 19.6. The molecule has 122 valence electrons. The van der Waals surface area contributed by atoms with Crippen LogP contribution in [-0.4, -0.2) is 29.9 Å². The third-order valence-corrected chi connectivity index (χ3v) is 5.30. The molecule has 2 aromatic carbocycles. The normalized spacial score (nSPS) is 24.2. The predicted octanol–water partition coefficient (Wildman–Crippen LogP) is 3.47. The monoisotopic (exact) mass is 320 g/mol. The van der Waals surface area contributed by atoms with Crippen molar-refractivity contribution in [2.45, 2.75) is 31.2 Å². The van der Waals surface area contributed by atoms with Gasteiger partial charge in [0, 0.05) is 12.0 Å². The van der Waals surface area contributed by atoms with E-state index in [1.807, 2.05) is 6.92 Å². The van der Waals surface area contributed by atoms with Crippen LogP contribution in [0.3, 0.4) is 0 Å². The molecule has 5 rings (SSSR count). The number of esters is 1. The molecule has 2 atom stereocenters. The highest BCUT2D eigenvalue weighted by molar-refractivity contribution is 5.80. The molecule has 0 radical (unpaired) electrons. The van der Waals surface area contributed by atoms with Crippen LogP contribution < -0.4 is 0 Å². The fraction of sp³-hybridized carbons (Fsp3) is 0.333. The van der Waals surface area contributed by atoms with Gasteiger partial charge in [0.15, 0.2) is 12.3 Å². The van der Waals surface area contributed by atoms with Crippen molar-refractivity contribution in [2.75, 3.05) is 13.2 Å². The maximum Gasteiger partial charge on any atom is 0.372 e. The first-order chi connectivity index (χ1) is 11.7. The molecule has 3 nitrogen and oxygen atoms in total. The van der Waals surface area contributed by atoms with Gasteiger partial charge in [-0.3, -0.25) is 0 Å². The lowest BCUT2D eigenvalue weighted by Gasteiger charge is -2.42. The third kappa shape index (κ3) is 2.27. The number of rotatable bonds is 4. The average Bonchev–Trinajstić information content (AvgIpc) is 2.63. The zero-order chi connectivity index (χ0) is 16.6. The van der Waals surface area contributed by atoms with Crippen molar-refractivity contribution in [2.24, 2.45) is 0 Å². The molecule has 0 saturated carbocycles. The van der Waals surface area contributed by atoms with Crippen LogP contribution in [0.4, 0.5) is 0 Å². The Morgan fingerprint density at radius 3 is 2.71 bits per heavy atom. The Labute approximate surface area is 142 Å². The van der Waals surface area contributed by atoms with Gasteiger partial charge in [0.05, 0.1) is 12.0 Å². The minimum atomic E-state index is -0.151.